The third-order valence-corrected chi connectivity index (χ3v) is 6.16. The summed E-state index contributed by atoms with van der Waals surface area (Å²) in [5.74, 6) is 2.40. The van der Waals surface area contributed by atoms with Crippen LogP contribution in [0.3, 0.4) is 0 Å². The van der Waals surface area contributed by atoms with Crippen molar-refractivity contribution in [3.8, 4) is 10.4 Å². The minimum atomic E-state index is 0.715. The molecule has 5 heteroatoms. The van der Waals surface area contributed by atoms with Gasteiger partial charge in [-0.25, -0.2) is 4.98 Å². The van der Waals surface area contributed by atoms with Crippen LogP contribution in [0.15, 0.2) is 66.7 Å². The summed E-state index contributed by atoms with van der Waals surface area (Å²) in [5, 5.41) is 6.96. The molecule has 2 heterocycles. The Bertz CT molecular complexity index is 1070. The highest BCUT2D eigenvalue weighted by Gasteiger charge is 2.21. The second kappa shape index (κ2) is 7.60. The Labute approximate surface area is 168 Å². The summed E-state index contributed by atoms with van der Waals surface area (Å²) < 4.78 is 1.10. The maximum Gasteiger partial charge on any atom is 0.225 e. The van der Waals surface area contributed by atoms with Gasteiger partial charge in [-0.3, -0.25) is 0 Å². The van der Waals surface area contributed by atoms with Crippen LogP contribution in [0.4, 0.5) is 11.8 Å². The highest BCUT2D eigenvalue weighted by Crippen LogP contribution is 2.37. The zero-order valence-corrected chi connectivity index (χ0v) is 16.4. The summed E-state index contributed by atoms with van der Waals surface area (Å²) in [4.78, 5) is 10.8. The summed E-state index contributed by atoms with van der Waals surface area (Å²) >= 11 is 1.74. The lowest BCUT2D eigenvalue weighted by atomic mass is 10.2. The van der Waals surface area contributed by atoms with Crippen molar-refractivity contribution < 1.29 is 0 Å². The third-order valence-electron chi connectivity index (χ3n) is 4.98. The van der Waals surface area contributed by atoms with Crippen molar-refractivity contribution in [3.63, 3.8) is 0 Å². The molecule has 28 heavy (non-hydrogen) atoms. The Morgan fingerprint density at radius 1 is 0.893 bits per heavy atom. The molecule has 4 nitrogen and oxygen atoms in total. The van der Waals surface area contributed by atoms with Crippen LogP contribution in [-0.2, 0) is 6.54 Å². The van der Waals surface area contributed by atoms with Crippen molar-refractivity contribution in [2.24, 2.45) is 5.92 Å². The summed E-state index contributed by atoms with van der Waals surface area (Å²) in [6.45, 7) is 1.70. The van der Waals surface area contributed by atoms with Crippen LogP contribution < -0.4 is 10.6 Å². The molecule has 0 bridgehead atoms. The fourth-order valence-electron chi connectivity index (χ4n) is 3.21. The number of anilines is 2. The van der Waals surface area contributed by atoms with Gasteiger partial charge in [0.05, 0.1) is 10.2 Å². The Morgan fingerprint density at radius 2 is 1.64 bits per heavy atom. The average Bonchev–Trinajstić information content (AvgIpc) is 3.48. The van der Waals surface area contributed by atoms with Gasteiger partial charge in [-0.2, -0.15) is 4.98 Å². The van der Waals surface area contributed by atoms with Crippen molar-refractivity contribution >= 4 is 33.3 Å². The molecule has 2 aromatic carbocycles. The molecule has 2 N–H and O–H groups in total. The lowest BCUT2D eigenvalue weighted by Gasteiger charge is -2.10. The van der Waals surface area contributed by atoms with Gasteiger partial charge in [0, 0.05) is 18.0 Å². The smallest absolute Gasteiger partial charge is 0.225 e. The van der Waals surface area contributed by atoms with E-state index in [1.54, 1.807) is 11.3 Å². The van der Waals surface area contributed by atoms with Crippen molar-refractivity contribution in [1.82, 2.24) is 9.97 Å². The number of hydrogen-bond donors (Lipinski definition) is 2. The van der Waals surface area contributed by atoms with E-state index in [2.05, 4.69) is 65.2 Å². The summed E-state index contributed by atoms with van der Waals surface area (Å²) in [6, 6.07) is 23.1. The number of nitrogens with one attached hydrogen (secondary N) is 2. The van der Waals surface area contributed by atoms with E-state index in [1.807, 2.05) is 12.1 Å². The minimum Gasteiger partial charge on any atom is -0.365 e. The van der Waals surface area contributed by atoms with Gasteiger partial charge in [0.25, 0.3) is 0 Å². The first-order valence-corrected chi connectivity index (χ1v) is 10.6. The molecule has 0 aliphatic heterocycles. The molecule has 0 amide bonds. The van der Waals surface area contributed by atoms with Gasteiger partial charge in [-0.1, -0.05) is 60.7 Å². The first-order valence-electron chi connectivity index (χ1n) is 9.74. The quantitative estimate of drug-likeness (QED) is 0.422. The molecule has 1 aliphatic rings. The summed E-state index contributed by atoms with van der Waals surface area (Å²) in [6.07, 6.45) is 2.62. The SMILES string of the molecule is c1ccc(CNc2nc(NCC3CC3)nc3cc(-c4ccccc4)sc23)cc1. The van der Waals surface area contributed by atoms with Gasteiger partial charge in [0.15, 0.2) is 0 Å². The molecular formula is C23H22N4S. The first-order chi connectivity index (χ1) is 13.8. The maximum absolute atomic E-state index is 4.80. The molecule has 0 spiro atoms. The van der Waals surface area contributed by atoms with Gasteiger partial charge in [-0.05, 0) is 36.0 Å². The highest BCUT2D eigenvalue weighted by molar-refractivity contribution is 7.22. The van der Waals surface area contributed by atoms with E-state index in [0.717, 1.165) is 35.0 Å². The van der Waals surface area contributed by atoms with Crippen LogP contribution in [0.25, 0.3) is 20.7 Å². The number of rotatable bonds is 7. The van der Waals surface area contributed by atoms with Crippen LogP contribution in [0, 0.1) is 5.92 Å². The highest BCUT2D eigenvalue weighted by atomic mass is 32.1. The Hall–Kier alpha value is -2.92. The van der Waals surface area contributed by atoms with E-state index in [1.165, 1.54) is 28.8 Å². The fourth-order valence-corrected chi connectivity index (χ4v) is 4.28. The van der Waals surface area contributed by atoms with Crippen LogP contribution >= 0.6 is 11.3 Å². The van der Waals surface area contributed by atoms with E-state index in [9.17, 15) is 0 Å². The van der Waals surface area contributed by atoms with E-state index >= 15 is 0 Å². The number of hydrogen-bond acceptors (Lipinski definition) is 5. The van der Waals surface area contributed by atoms with Crippen LogP contribution in [-0.4, -0.2) is 16.5 Å². The normalized spacial score (nSPS) is 13.6. The van der Waals surface area contributed by atoms with Crippen molar-refractivity contribution in [1.29, 1.82) is 0 Å². The van der Waals surface area contributed by atoms with Gasteiger partial charge in [-0.15, -0.1) is 11.3 Å². The predicted molar refractivity (Wildman–Crippen MR) is 118 cm³/mol. The second-order valence-electron chi connectivity index (χ2n) is 7.25. The van der Waals surface area contributed by atoms with Gasteiger partial charge in [0.2, 0.25) is 5.95 Å². The van der Waals surface area contributed by atoms with E-state index in [0.29, 0.717) is 5.95 Å². The first kappa shape index (κ1) is 17.2. The largest absolute Gasteiger partial charge is 0.365 e. The second-order valence-corrected chi connectivity index (χ2v) is 8.30. The Kier molecular flexibility index (Phi) is 4.67. The van der Waals surface area contributed by atoms with E-state index < -0.39 is 0 Å². The van der Waals surface area contributed by atoms with Crippen LogP contribution in [0.5, 0.6) is 0 Å². The molecule has 1 saturated carbocycles. The number of fused-ring (bicyclic) bond motifs is 1. The molecule has 0 radical (unpaired) electrons. The van der Waals surface area contributed by atoms with E-state index in [4.69, 9.17) is 9.97 Å². The molecule has 4 aromatic rings. The number of benzene rings is 2. The lowest BCUT2D eigenvalue weighted by molar-refractivity contribution is 0.875. The van der Waals surface area contributed by atoms with Crippen molar-refractivity contribution in [2.45, 2.75) is 19.4 Å². The topological polar surface area (TPSA) is 49.8 Å². The number of thiophene rings is 1. The monoisotopic (exact) mass is 386 g/mol. The van der Waals surface area contributed by atoms with Gasteiger partial charge >= 0.3 is 0 Å². The zero-order valence-electron chi connectivity index (χ0n) is 15.6. The predicted octanol–water partition coefficient (Wildman–Crippen LogP) is 5.79. The molecule has 0 saturated heterocycles. The fraction of sp³-hybridized carbons (Fsp3) is 0.217. The maximum atomic E-state index is 4.80. The molecular weight excluding hydrogens is 364 g/mol. The molecule has 1 aliphatic carbocycles. The summed E-state index contributed by atoms with van der Waals surface area (Å²) in [7, 11) is 0. The number of nitrogens with zero attached hydrogens (tertiary/aromatic N) is 2. The zero-order chi connectivity index (χ0) is 18.8. The molecule has 140 valence electrons. The van der Waals surface area contributed by atoms with Gasteiger partial charge < -0.3 is 10.6 Å². The molecule has 2 aromatic heterocycles. The van der Waals surface area contributed by atoms with Crippen molar-refractivity contribution in [3.05, 3.63) is 72.3 Å². The van der Waals surface area contributed by atoms with Crippen LogP contribution in [0.2, 0.25) is 0 Å². The van der Waals surface area contributed by atoms with E-state index in [-0.39, 0.29) is 0 Å². The Morgan fingerprint density at radius 3 is 2.39 bits per heavy atom. The van der Waals surface area contributed by atoms with Crippen LogP contribution in [0.1, 0.15) is 18.4 Å². The number of aromatic nitrogens is 2. The lowest BCUT2D eigenvalue weighted by Crippen LogP contribution is -2.09. The standard InChI is InChI=1S/C23H22N4S/c1-3-7-16(8-4-1)14-24-22-21-19(26-23(27-22)25-15-17-11-12-17)13-20(28-21)18-9-5-2-6-10-18/h1-10,13,17H,11-12,14-15H2,(H2,24,25,26,27). The van der Waals surface area contributed by atoms with Gasteiger partial charge in [0.1, 0.15) is 5.82 Å². The molecule has 0 atom stereocenters. The average molecular weight is 387 g/mol. The third kappa shape index (κ3) is 3.85. The summed E-state index contributed by atoms with van der Waals surface area (Å²) in [5.41, 5.74) is 3.45. The molecule has 1 fully saturated rings. The molecule has 0 unspecified atom stereocenters. The molecule has 5 rings (SSSR count). The minimum absolute atomic E-state index is 0.715. The van der Waals surface area contributed by atoms with Crippen molar-refractivity contribution in [2.75, 3.05) is 17.2 Å². The Balaban J connectivity index is 1.49.